The Hall–Kier alpha value is -1.68. The molecule has 2 saturated carbocycles. The van der Waals surface area contributed by atoms with Crippen LogP contribution in [0.4, 0.5) is 0 Å². The van der Waals surface area contributed by atoms with Crippen LogP contribution >= 0.6 is 11.6 Å². The van der Waals surface area contributed by atoms with Crippen LogP contribution in [0.1, 0.15) is 54.4 Å². The van der Waals surface area contributed by atoms with Gasteiger partial charge in [-0.1, -0.05) is 24.4 Å². The van der Waals surface area contributed by atoms with Crippen LogP contribution in [0.3, 0.4) is 0 Å². The Kier molecular flexibility index (Phi) is 4.53. The summed E-state index contributed by atoms with van der Waals surface area (Å²) in [4.78, 5) is 11.5. The fraction of sp³-hybridized carbons (Fsp3) is 0.500. The summed E-state index contributed by atoms with van der Waals surface area (Å²) in [6.07, 6.45) is 7.41. The van der Waals surface area contributed by atoms with Crippen molar-refractivity contribution in [1.29, 1.82) is 0 Å². The largest absolute Gasteiger partial charge is 0.507 e. The van der Waals surface area contributed by atoms with Gasteiger partial charge in [0.15, 0.2) is 6.29 Å². The second kappa shape index (κ2) is 6.44. The van der Waals surface area contributed by atoms with Crippen LogP contribution in [0.2, 0.25) is 5.02 Å². The quantitative estimate of drug-likeness (QED) is 0.629. The van der Waals surface area contributed by atoms with Crippen molar-refractivity contribution in [1.82, 2.24) is 0 Å². The number of allylic oxidation sites excluding steroid dienone is 1. The van der Waals surface area contributed by atoms with Gasteiger partial charge in [0.05, 0.1) is 23.3 Å². The van der Waals surface area contributed by atoms with Gasteiger partial charge < -0.3 is 14.9 Å². The van der Waals surface area contributed by atoms with Crippen molar-refractivity contribution in [3.05, 3.63) is 27.8 Å². The number of ether oxygens (including phenoxy) is 1. The third kappa shape index (κ3) is 2.69. The molecule has 2 bridgehead atoms. The highest BCUT2D eigenvalue weighted by Crippen LogP contribution is 2.49. The summed E-state index contributed by atoms with van der Waals surface area (Å²) in [5.41, 5.74) is 1.58. The third-order valence-electron chi connectivity index (χ3n) is 5.16. The molecular formula is C18H21ClO4. The maximum atomic E-state index is 11.5. The molecule has 3 rings (SSSR count). The van der Waals surface area contributed by atoms with Crippen molar-refractivity contribution in [2.75, 3.05) is 7.11 Å². The predicted molar refractivity (Wildman–Crippen MR) is 88.8 cm³/mol. The Morgan fingerprint density at radius 3 is 2.22 bits per heavy atom. The molecule has 0 amide bonds. The molecule has 2 aliphatic rings. The van der Waals surface area contributed by atoms with E-state index in [1.165, 1.54) is 18.4 Å². The van der Waals surface area contributed by atoms with Crippen molar-refractivity contribution >= 4 is 23.6 Å². The molecule has 0 saturated heterocycles. The van der Waals surface area contributed by atoms with E-state index >= 15 is 0 Å². The standard InChI is InChI=1S/C18H21ClO4/c1-23-18(15-10-4-2-5-11(15)7-3-6-10)16-12(9-20)13(21)8-14(22)17(16)19/h8-11,21-22H,2-7H2,1H3. The van der Waals surface area contributed by atoms with Gasteiger partial charge >= 0.3 is 0 Å². The summed E-state index contributed by atoms with van der Waals surface area (Å²) < 4.78 is 5.66. The Morgan fingerprint density at radius 2 is 1.74 bits per heavy atom. The van der Waals surface area contributed by atoms with Crippen molar-refractivity contribution in [2.24, 2.45) is 11.8 Å². The molecule has 2 aliphatic carbocycles. The second-order valence-corrected chi connectivity index (χ2v) is 6.76. The lowest BCUT2D eigenvalue weighted by Gasteiger charge is -2.39. The molecule has 1 aromatic carbocycles. The van der Waals surface area contributed by atoms with Crippen molar-refractivity contribution < 1.29 is 19.7 Å². The molecule has 23 heavy (non-hydrogen) atoms. The molecule has 0 aromatic heterocycles. The monoisotopic (exact) mass is 336 g/mol. The van der Waals surface area contributed by atoms with Crippen LogP contribution in [0.15, 0.2) is 11.6 Å². The number of hydrogen-bond acceptors (Lipinski definition) is 4. The zero-order valence-electron chi connectivity index (χ0n) is 13.1. The lowest BCUT2D eigenvalue weighted by molar-refractivity contribution is 0.112. The highest BCUT2D eigenvalue weighted by atomic mass is 35.5. The Morgan fingerprint density at radius 1 is 1.17 bits per heavy atom. The van der Waals surface area contributed by atoms with E-state index in [-0.39, 0.29) is 22.1 Å². The first-order valence-electron chi connectivity index (χ1n) is 8.06. The highest BCUT2D eigenvalue weighted by Gasteiger charge is 2.36. The number of carbonyl (C=O) groups is 1. The van der Waals surface area contributed by atoms with E-state index in [1.807, 2.05) is 0 Å². The van der Waals surface area contributed by atoms with Crippen molar-refractivity contribution in [3.8, 4) is 11.5 Å². The van der Waals surface area contributed by atoms with Gasteiger partial charge in [-0.15, -0.1) is 0 Å². The summed E-state index contributed by atoms with van der Waals surface area (Å²) in [6.45, 7) is 0. The Bertz CT molecular complexity index is 641. The zero-order valence-corrected chi connectivity index (χ0v) is 13.9. The van der Waals surface area contributed by atoms with Crippen LogP contribution in [0.25, 0.3) is 5.76 Å². The van der Waals surface area contributed by atoms with Gasteiger partial charge in [-0.3, -0.25) is 4.79 Å². The molecule has 0 unspecified atom stereocenters. The molecule has 0 spiro atoms. The van der Waals surface area contributed by atoms with Crippen molar-refractivity contribution in [3.63, 3.8) is 0 Å². The lowest BCUT2D eigenvalue weighted by Crippen LogP contribution is -2.26. The minimum Gasteiger partial charge on any atom is -0.507 e. The number of hydrogen-bond donors (Lipinski definition) is 2. The van der Waals surface area contributed by atoms with Gasteiger partial charge in [0, 0.05) is 6.07 Å². The van der Waals surface area contributed by atoms with E-state index in [9.17, 15) is 15.0 Å². The predicted octanol–water partition coefficient (Wildman–Crippen LogP) is 4.52. The minimum absolute atomic E-state index is 0.0536. The average Bonchev–Trinajstić information content (AvgIpc) is 2.52. The third-order valence-corrected chi connectivity index (χ3v) is 5.55. The van der Waals surface area contributed by atoms with Gasteiger partial charge in [-0.05, 0) is 43.1 Å². The number of benzene rings is 1. The normalized spacial score (nSPS) is 23.5. The van der Waals surface area contributed by atoms with E-state index in [4.69, 9.17) is 16.3 Å². The Labute approximate surface area is 140 Å². The van der Waals surface area contributed by atoms with E-state index in [1.54, 1.807) is 7.11 Å². The van der Waals surface area contributed by atoms with Crippen LogP contribution < -0.4 is 0 Å². The van der Waals surface area contributed by atoms with Crippen LogP contribution in [-0.4, -0.2) is 23.6 Å². The smallest absolute Gasteiger partial charge is 0.154 e. The summed E-state index contributed by atoms with van der Waals surface area (Å²) in [5.74, 6) is 0.877. The number of aldehydes is 1. The van der Waals surface area contributed by atoms with Gasteiger partial charge in [0.1, 0.15) is 17.3 Å². The first-order chi connectivity index (χ1) is 11.1. The SMILES string of the molecule is COC(=C1C2CCCC1CCC2)c1c(Cl)c(O)cc(O)c1C=O. The Balaban J connectivity index is 2.26. The van der Waals surface area contributed by atoms with E-state index < -0.39 is 0 Å². The van der Waals surface area contributed by atoms with Gasteiger partial charge in [0.2, 0.25) is 0 Å². The van der Waals surface area contributed by atoms with E-state index in [0.29, 0.717) is 29.4 Å². The number of halogens is 1. The molecule has 4 nitrogen and oxygen atoms in total. The lowest BCUT2D eigenvalue weighted by atomic mass is 9.67. The molecule has 0 radical (unpaired) electrons. The van der Waals surface area contributed by atoms with Crippen LogP contribution in [0.5, 0.6) is 11.5 Å². The summed E-state index contributed by atoms with van der Waals surface area (Å²) in [7, 11) is 1.55. The summed E-state index contributed by atoms with van der Waals surface area (Å²) in [6, 6.07) is 1.09. The number of aromatic hydroxyl groups is 2. The van der Waals surface area contributed by atoms with Gasteiger partial charge in [-0.25, -0.2) is 0 Å². The fourth-order valence-electron chi connectivity index (χ4n) is 4.19. The molecule has 5 heteroatoms. The van der Waals surface area contributed by atoms with E-state index in [2.05, 4.69) is 0 Å². The maximum absolute atomic E-state index is 11.5. The number of methoxy groups -OCH3 is 1. The van der Waals surface area contributed by atoms with Gasteiger partial charge in [-0.2, -0.15) is 0 Å². The summed E-state index contributed by atoms with van der Waals surface area (Å²) in [5, 5.41) is 20.0. The molecular weight excluding hydrogens is 316 g/mol. The number of carbonyl (C=O) groups excluding carboxylic acids is 1. The maximum Gasteiger partial charge on any atom is 0.154 e. The van der Waals surface area contributed by atoms with Crippen LogP contribution in [0, 0.1) is 11.8 Å². The van der Waals surface area contributed by atoms with Crippen molar-refractivity contribution in [2.45, 2.75) is 38.5 Å². The summed E-state index contributed by atoms with van der Waals surface area (Å²) >= 11 is 6.26. The first kappa shape index (κ1) is 16.2. The zero-order chi connectivity index (χ0) is 16.6. The number of phenolic OH excluding ortho intramolecular Hbond substituents is 2. The number of rotatable bonds is 3. The molecule has 0 atom stereocenters. The second-order valence-electron chi connectivity index (χ2n) is 6.38. The first-order valence-corrected chi connectivity index (χ1v) is 8.44. The topological polar surface area (TPSA) is 66.8 Å². The minimum atomic E-state index is -0.284. The fourth-order valence-corrected chi connectivity index (χ4v) is 4.43. The van der Waals surface area contributed by atoms with E-state index in [0.717, 1.165) is 31.7 Å². The molecule has 124 valence electrons. The molecule has 1 aromatic rings. The average molecular weight is 337 g/mol. The molecule has 0 aliphatic heterocycles. The van der Waals surface area contributed by atoms with Gasteiger partial charge in [0.25, 0.3) is 0 Å². The highest BCUT2D eigenvalue weighted by molar-refractivity contribution is 6.34. The molecule has 2 fully saturated rings. The van der Waals surface area contributed by atoms with Crippen LogP contribution in [-0.2, 0) is 4.74 Å². The molecule has 0 heterocycles. The number of phenols is 2. The molecule has 2 N–H and O–H groups in total. The number of fused-ring (bicyclic) bond motifs is 2.